The summed E-state index contributed by atoms with van der Waals surface area (Å²) in [6.07, 6.45) is 9.07. The monoisotopic (exact) mass is 973 g/mol. The van der Waals surface area contributed by atoms with Gasteiger partial charge in [-0.3, -0.25) is 0 Å². The first kappa shape index (κ1) is 59.5. The van der Waals surface area contributed by atoms with Crippen molar-refractivity contribution in [3.8, 4) is 5.75 Å². The zero-order valence-corrected chi connectivity index (χ0v) is 43.3. The van der Waals surface area contributed by atoms with E-state index >= 15 is 0 Å². The third-order valence-electron chi connectivity index (χ3n) is 10.9. The highest BCUT2D eigenvalue weighted by molar-refractivity contribution is 6.99. The normalized spacial score (nSPS) is 12.0. The molecule has 0 bridgehead atoms. The van der Waals surface area contributed by atoms with Crippen LogP contribution >= 0.6 is 0 Å². The molecule has 3 aromatic carbocycles. The Morgan fingerprint density at radius 1 is 0.338 bits per heavy atom. The molecule has 0 amide bonds. The molecule has 0 heterocycles. The molecule has 68 heavy (non-hydrogen) atoms. The third-order valence-corrected chi connectivity index (χ3v) is 16.0. The highest BCUT2D eigenvalue weighted by Gasteiger charge is 2.50. The van der Waals surface area contributed by atoms with E-state index in [9.17, 15) is 0 Å². The van der Waals surface area contributed by atoms with E-state index in [4.69, 9.17) is 61.3 Å². The van der Waals surface area contributed by atoms with E-state index in [2.05, 4.69) is 113 Å². The van der Waals surface area contributed by atoms with Crippen LogP contribution < -0.4 is 15.1 Å². The predicted octanol–water partition coefficient (Wildman–Crippen LogP) is 7.73. The van der Waals surface area contributed by atoms with Crippen LogP contribution in [0.25, 0.3) is 0 Å². The maximum absolute atomic E-state index is 6.86. The van der Waals surface area contributed by atoms with Gasteiger partial charge >= 0.3 is 0 Å². The summed E-state index contributed by atoms with van der Waals surface area (Å²) in [6, 6.07) is 29.7. The highest BCUT2D eigenvalue weighted by Crippen LogP contribution is 2.36. The lowest BCUT2D eigenvalue weighted by molar-refractivity contribution is -0.0279. The Labute approximate surface area is 411 Å². The number of rotatable bonds is 47. The lowest BCUT2D eigenvalue weighted by atomic mass is 10.0. The van der Waals surface area contributed by atoms with Crippen molar-refractivity contribution in [1.29, 1.82) is 0 Å². The molecule has 0 aliphatic rings. The number of benzene rings is 3. The summed E-state index contributed by atoms with van der Waals surface area (Å²) in [6.45, 7) is 21.3. The number of hydrogen-bond acceptors (Lipinski definition) is 13. The fourth-order valence-electron chi connectivity index (χ4n) is 7.40. The van der Waals surface area contributed by atoms with Crippen LogP contribution in [0.5, 0.6) is 5.75 Å². The molecule has 3 rings (SSSR count). The SMILES string of the molecule is CCCCCCCCc1ccc(OCCOCCOCCOCCOCCOCCOCCOCCOCCOCCOCCOCCO[Si](c2ccccc2)(c2ccccc2)C(C)(C)C)cc1. The summed E-state index contributed by atoms with van der Waals surface area (Å²) in [5.41, 5.74) is 1.38. The van der Waals surface area contributed by atoms with Crippen LogP contribution in [0.1, 0.15) is 71.8 Å². The Balaban J connectivity index is 0.961. The van der Waals surface area contributed by atoms with Crippen LogP contribution in [0, 0.1) is 0 Å². The van der Waals surface area contributed by atoms with E-state index in [-0.39, 0.29) is 5.04 Å². The molecule has 0 N–H and O–H groups in total. The van der Waals surface area contributed by atoms with Crippen LogP contribution in [-0.4, -0.2) is 167 Å². The molecule has 386 valence electrons. The fourth-order valence-corrected chi connectivity index (χ4v) is 11.9. The molecule has 0 aliphatic carbocycles. The topological polar surface area (TPSA) is 120 Å². The number of ether oxygens (including phenoxy) is 12. The zero-order chi connectivity index (χ0) is 48.3. The molecule has 14 heteroatoms. The van der Waals surface area contributed by atoms with Crippen LogP contribution in [0.4, 0.5) is 0 Å². The van der Waals surface area contributed by atoms with Gasteiger partial charge in [-0.05, 0) is 45.9 Å². The second-order valence-corrected chi connectivity index (χ2v) is 21.6. The first-order valence-corrected chi connectivity index (χ1v) is 27.2. The van der Waals surface area contributed by atoms with Crippen molar-refractivity contribution >= 4 is 18.7 Å². The van der Waals surface area contributed by atoms with Gasteiger partial charge in [-0.15, -0.1) is 0 Å². The molecule has 0 saturated carbocycles. The molecule has 0 atom stereocenters. The van der Waals surface area contributed by atoms with Crippen molar-refractivity contribution in [2.45, 2.75) is 77.7 Å². The van der Waals surface area contributed by atoms with Gasteiger partial charge in [0.1, 0.15) is 12.4 Å². The van der Waals surface area contributed by atoms with E-state index in [0.29, 0.717) is 159 Å². The quantitative estimate of drug-likeness (QED) is 0.0406. The van der Waals surface area contributed by atoms with Gasteiger partial charge in [0.05, 0.1) is 152 Å². The highest BCUT2D eigenvalue weighted by atomic mass is 28.4. The van der Waals surface area contributed by atoms with Gasteiger partial charge in [-0.2, -0.15) is 0 Å². The standard InChI is InChI=1S/C54H88O13Si/c1-5-6-7-8-9-12-17-50-22-24-51(25-23-50)66-48-46-64-44-42-62-40-38-60-36-34-58-32-30-56-28-26-55-27-29-57-31-33-59-35-37-61-39-41-63-43-45-65-47-49-67-68(54(2,3)4,52-18-13-10-14-19-52)53-20-15-11-16-21-53/h10-11,13-16,18-25H,5-9,12,17,26-49H2,1-4H3. The van der Waals surface area contributed by atoms with Crippen molar-refractivity contribution in [1.82, 2.24) is 0 Å². The lowest BCUT2D eigenvalue weighted by Gasteiger charge is -2.43. The Morgan fingerprint density at radius 2 is 0.647 bits per heavy atom. The van der Waals surface area contributed by atoms with Crippen molar-refractivity contribution in [3.05, 3.63) is 90.5 Å². The summed E-state index contributed by atoms with van der Waals surface area (Å²) in [7, 11) is -2.55. The maximum Gasteiger partial charge on any atom is 0.261 e. The van der Waals surface area contributed by atoms with E-state index in [0.717, 1.165) is 12.2 Å². The molecule has 0 unspecified atom stereocenters. The Bertz CT molecular complexity index is 1490. The molecule has 3 aromatic rings. The van der Waals surface area contributed by atoms with Gasteiger partial charge in [-0.25, -0.2) is 0 Å². The summed E-state index contributed by atoms with van der Waals surface area (Å²) >= 11 is 0. The fraction of sp³-hybridized carbons (Fsp3) is 0.667. The number of unbranched alkanes of at least 4 members (excludes halogenated alkanes) is 5. The van der Waals surface area contributed by atoms with Gasteiger partial charge in [0.25, 0.3) is 8.32 Å². The van der Waals surface area contributed by atoms with Gasteiger partial charge in [0.15, 0.2) is 0 Å². The van der Waals surface area contributed by atoms with Gasteiger partial charge in [0.2, 0.25) is 0 Å². The smallest absolute Gasteiger partial charge is 0.261 e. The van der Waals surface area contributed by atoms with Gasteiger partial charge < -0.3 is 61.3 Å². The molecule has 0 fully saturated rings. The van der Waals surface area contributed by atoms with Crippen LogP contribution in [0.15, 0.2) is 84.9 Å². The third kappa shape index (κ3) is 28.1. The van der Waals surface area contributed by atoms with Gasteiger partial charge in [0, 0.05) is 0 Å². The second-order valence-electron chi connectivity index (χ2n) is 17.3. The molecule has 0 radical (unpaired) electrons. The van der Waals surface area contributed by atoms with Crippen molar-refractivity contribution in [2.75, 3.05) is 159 Å². The summed E-state index contributed by atoms with van der Waals surface area (Å²) in [4.78, 5) is 0. The number of aryl methyl sites for hydroxylation is 1. The average molecular weight is 973 g/mol. The van der Waals surface area contributed by atoms with Gasteiger partial charge in [-0.1, -0.05) is 133 Å². The Morgan fingerprint density at radius 3 is 0.985 bits per heavy atom. The molecule has 0 aliphatic heterocycles. The minimum Gasteiger partial charge on any atom is -0.491 e. The summed E-state index contributed by atoms with van der Waals surface area (Å²) in [5.74, 6) is 0.884. The summed E-state index contributed by atoms with van der Waals surface area (Å²) < 4.78 is 74.3. The van der Waals surface area contributed by atoms with E-state index < -0.39 is 8.32 Å². The Hall–Kier alpha value is -2.80. The number of hydrogen-bond donors (Lipinski definition) is 0. The van der Waals surface area contributed by atoms with Crippen molar-refractivity contribution in [2.24, 2.45) is 0 Å². The largest absolute Gasteiger partial charge is 0.491 e. The van der Waals surface area contributed by atoms with E-state index in [1.165, 1.54) is 54.5 Å². The second kappa shape index (κ2) is 40.9. The Kier molecular flexibility index (Phi) is 35.8. The molecular weight excluding hydrogens is 885 g/mol. The molecule has 0 saturated heterocycles. The van der Waals surface area contributed by atoms with E-state index in [1.54, 1.807) is 0 Å². The zero-order valence-electron chi connectivity index (χ0n) is 42.3. The average Bonchev–Trinajstić information content (AvgIpc) is 3.35. The molecular formula is C54H88O13Si. The molecule has 0 spiro atoms. The predicted molar refractivity (Wildman–Crippen MR) is 272 cm³/mol. The minimum absolute atomic E-state index is 0.0602. The minimum atomic E-state index is -2.55. The molecule has 0 aromatic heterocycles. The van der Waals surface area contributed by atoms with Crippen LogP contribution in [-0.2, 0) is 63.0 Å². The maximum atomic E-state index is 6.86. The first-order chi connectivity index (χ1) is 33.5. The first-order valence-electron chi connectivity index (χ1n) is 25.3. The van der Waals surface area contributed by atoms with Crippen molar-refractivity contribution < 1.29 is 61.3 Å². The molecule has 13 nitrogen and oxygen atoms in total. The van der Waals surface area contributed by atoms with E-state index in [1.807, 2.05) is 0 Å². The van der Waals surface area contributed by atoms with Crippen LogP contribution in [0.2, 0.25) is 5.04 Å². The summed E-state index contributed by atoms with van der Waals surface area (Å²) in [5, 5.41) is 2.47. The van der Waals surface area contributed by atoms with Crippen molar-refractivity contribution in [3.63, 3.8) is 0 Å². The lowest BCUT2D eigenvalue weighted by Crippen LogP contribution is -2.66. The van der Waals surface area contributed by atoms with Crippen LogP contribution in [0.3, 0.4) is 0 Å².